The fourth-order valence-corrected chi connectivity index (χ4v) is 2.54. The van der Waals surface area contributed by atoms with Crippen LogP contribution in [0.2, 0.25) is 5.02 Å². The Morgan fingerprint density at radius 3 is 2.52 bits per heavy atom. The van der Waals surface area contributed by atoms with Crippen LogP contribution in [0.3, 0.4) is 0 Å². The first-order valence-corrected chi connectivity index (χ1v) is 8.33. The standard InChI is InChI=1S/C16H17ClN2O3S/c1-11(22-13-6-4-12(17)5-7-13)15(20)18-8-9-19-16(21)14-3-2-10-23-14/h2-7,10-11H,8-9H2,1H3,(H,18,20)(H,19,21). The van der Waals surface area contributed by atoms with Gasteiger partial charge in [-0.15, -0.1) is 11.3 Å². The largest absolute Gasteiger partial charge is 0.481 e. The second-order valence-electron chi connectivity index (χ2n) is 4.74. The first-order chi connectivity index (χ1) is 11.1. The molecule has 1 aromatic heterocycles. The Kier molecular flexibility index (Phi) is 6.43. The first kappa shape index (κ1) is 17.3. The summed E-state index contributed by atoms with van der Waals surface area (Å²) in [5.74, 6) is 0.188. The number of benzene rings is 1. The van der Waals surface area contributed by atoms with E-state index in [0.717, 1.165) is 0 Å². The van der Waals surface area contributed by atoms with E-state index >= 15 is 0 Å². The molecule has 0 radical (unpaired) electrons. The van der Waals surface area contributed by atoms with Crippen LogP contribution in [0.15, 0.2) is 41.8 Å². The number of halogens is 1. The number of nitrogens with one attached hydrogen (secondary N) is 2. The second-order valence-corrected chi connectivity index (χ2v) is 6.12. The van der Waals surface area contributed by atoms with Crippen molar-refractivity contribution in [1.82, 2.24) is 10.6 Å². The number of rotatable bonds is 7. The molecule has 0 saturated carbocycles. The van der Waals surface area contributed by atoms with Gasteiger partial charge in [0.2, 0.25) is 0 Å². The number of hydrogen-bond donors (Lipinski definition) is 2. The molecule has 2 N–H and O–H groups in total. The predicted molar refractivity (Wildman–Crippen MR) is 91.2 cm³/mol. The highest BCUT2D eigenvalue weighted by Crippen LogP contribution is 2.16. The SMILES string of the molecule is CC(Oc1ccc(Cl)cc1)C(=O)NCCNC(=O)c1cccs1. The zero-order valence-electron chi connectivity index (χ0n) is 12.5. The zero-order chi connectivity index (χ0) is 16.7. The molecule has 5 nitrogen and oxygen atoms in total. The maximum absolute atomic E-state index is 11.9. The maximum Gasteiger partial charge on any atom is 0.261 e. The molecule has 1 aromatic carbocycles. The molecule has 0 aliphatic rings. The molecule has 7 heteroatoms. The van der Waals surface area contributed by atoms with Crippen LogP contribution >= 0.6 is 22.9 Å². The van der Waals surface area contributed by atoms with Gasteiger partial charge in [0.1, 0.15) is 5.75 Å². The minimum Gasteiger partial charge on any atom is -0.481 e. The van der Waals surface area contributed by atoms with Crippen LogP contribution in [-0.4, -0.2) is 31.0 Å². The lowest BCUT2D eigenvalue weighted by molar-refractivity contribution is -0.127. The highest BCUT2D eigenvalue weighted by molar-refractivity contribution is 7.12. The summed E-state index contributed by atoms with van der Waals surface area (Å²) in [5, 5.41) is 7.90. The summed E-state index contributed by atoms with van der Waals surface area (Å²) >= 11 is 7.16. The average molecular weight is 353 g/mol. The molecule has 23 heavy (non-hydrogen) atoms. The summed E-state index contributed by atoms with van der Waals surface area (Å²) in [4.78, 5) is 24.3. The van der Waals surface area contributed by atoms with E-state index in [2.05, 4.69) is 10.6 Å². The monoisotopic (exact) mass is 352 g/mol. The number of hydrogen-bond acceptors (Lipinski definition) is 4. The minimum atomic E-state index is -0.635. The molecule has 0 bridgehead atoms. The average Bonchev–Trinajstić information content (AvgIpc) is 3.07. The second kappa shape index (κ2) is 8.55. The van der Waals surface area contributed by atoms with Crippen LogP contribution in [0, 0.1) is 0 Å². The van der Waals surface area contributed by atoms with Gasteiger partial charge in [0, 0.05) is 18.1 Å². The van der Waals surface area contributed by atoms with Gasteiger partial charge in [-0.3, -0.25) is 9.59 Å². The Balaban J connectivity index is 1.67. The van der Waals surface area contributed by atoms with Crippen molar-refractivity contribution in [3.05, 3.63) is 51.7 Å². The molecule has 1 atom stereocenters. The Bertz CT molecular complexity index is 644. The molecule has 2 amide bonds. The summed E-state index contributed by atoms with van der Waals surface area (Å²) < 4.78 is 5.51. The van der Waals surface area contributed by atoms with Crippen molar-refractivity contribution in [2.75, 3.05) is 13.1 Å². The molecule has 0 spiro atoms. The van der Waals surface area contributed by atoms with E-state index in [1.54, 1.807) is 37.3 Å². The third-order valence-corrected chi connectivity index (χ3v) is 4.07. The molecule has 122 valence electrons. The topological polar surface area (TPSA) is 67.4 Å². The lowest BCUT2D eigenvalue weighted by Gasteiger charge is -2.14. The van der Waals surface area contributed by atoms with E-state index < -0.39 is 6.10 Å². The quantitative estimate of drug-likeness (QED) is 0.753. The van der Waals surface area contributed by atoms with E-state index in [1.807, 2.05) is 11.4 Å². The number of thiophene rings is 1. The Morgan fingerprint density at radius 2 is 1.87 bits per heavy atom. The summed E-state index contributed by atoms with van der Waals surface area (Å²) in [6.07, 6.45) is -0.635. The van der Waals surface area contributed by atoms with Gasteiger partial charge in [-0.2, -0.15) is 0 Å². The molecule has 1 heterocycles. The Labute approximate surface area is 143 Å². The van der Waals surface area contributed by atoms with E-state index in [9.17, 15) is 9.59 Å². The number of amides is 2. The van der Waals surface area contributed by atoms with Crippen LogP contribution in [0.1, 0.15) is 16.6 Å². The molecular formula is C16H17ClN2O3S. The highest BCUT2D eigenvalue weighted by atomic mass is 35.5. The smallest absolute Gasteiger partial charge is 0.261 e. The van der Waals surface area contributed by atoms with Crippen molar-refractivity contribution in [2.24, 2.45) is 0 Å². The zero-order valence-corrected chi connectivity index (χ0v) is 14.1. The molecule has 1 unspecified atom stereocenters. The molecule has 0 fully saturated rings. The number of carbonyl (C=O) groups excluding carboxylic acids is 2. The van der Waals surface area contributed by atoms with E-state index in [4.69, 9.17) is 16.3 Å². The van der Waals surface area contributed by atoms with Crippen molar-refractivity contribution in [3.8, 4) is 5.75 Å². The summed E-state index contributed by atoms with van der Waals surface area (Å²) in [5.41, 5.74) is 0. The van der Waals surface area contributed by atoms with Crippen molar-refractivity contribution >= 4 is 34.8 Å². The van der Waals surface area contributed by atoms with Crippen LogP contribution in [0.25, 0.3) is 0 Å². The normalized spacial score (nSPS) is 11.6. The van der Waals surface area contributed by atoms with Gasteiger partial charge < -0.3 is 15.4 Å². The summed E-state index contributed by atoms with van der Waals surface area (Å²) in [6, 6.07) is 10.4. The van der Waals surface area contributed by atoms with Crippen LogP contribution in [0.5, 0.6) is 5.75 Å². The summed E-state index contributed by atoms with van der Waals surface area (Å²) in [7, 11) is 0. The van der Waals surface area contributed by atoms with Gasteiger partial charge in [0.05, 0.1) is 4.88 Å². The van der Waals surface area contributed by atoms with Crippen molar-refractivity contribution in [3.63, 3.8) is 0 Å². The fourth-order valence-electron chi connectivity index (χ4n) is 1.77. The first-order valence-electron chi connectivity index (χ1n) is 7.08. The lowest BCUT2D eigenvalue weighted by Crippen LogP contribution is -2.40. The molecule has 0 saturated heterocycles. The van der Waals surface area contributed by atoms with Crippen LogP contribution in [-0.2, 0) is 4.79 Å². The van der Waals surface area contributed by atoms with Gasteiger partial charge >= 0.3 is 0 Å². The van der Waals surface area contributed by atoms with Crippen molar-refractivity contribution < 1.29 is 14.3 Å². The van der Waals surface area contributed by atoms with Gasteiger partial charge in [-0.25, -0.2) is 0 Å². The third-order valence-electron chi connectivity index (χ3n) is 2.95. The van der Waals surface area contributed by atoms with E-state index in [0.29, 0.717) is 28.7 Å². The van der Waals surface area contributed by atoms with Crippen LogP contribution < -0.4 is 15.4 Å². The van der Waals surface area contributed by atoms with Gasteiger partial charge in [-0.1, -0.05) is 17.7 Å². The molecule has 2 rings (SSSR count). The Morgan fingerprint density at radius 1 is 1.17 bits per heavy atom. The molecule has 0 aliphatic heterocycles. The molecule has 0 aliphatic carbocycles. The minimum absolute atomic E-state index is 0.139. The third kappa shape index (κ3) is 5.58. The highest BCUT2D eigenvalue weighted by Gasteiger charge is 2.14. The predicted octanol–water partition coefficient (Wildman–Crippen LogP) is 2.71. The van der Waals surface area contributed by atoms with E-state index in [-0.39, 0.29) is 11.8 Å². The molecular weight excluding hydrogens is 336 g/mol. The number of carbonyl (C=O) groups is 2. The van der Waals surface area contributed by atoms with Crippen molar-refractivity contribution in [2.45, 2.75) is 13.0 Å². The van der Waals surface area contributed by atoms with Gasteiger partial charge in [-0.05, 0) is 42.6 Å². The lowest BCUT2D eigenvalue weighted by atomic mass is 10.3. The molecule has 2 aromatic rings. The van der Waals surface area contributed by atoms with Crippen LogP contribution in [0.4, 0.5) is 0 Å². The van der Waals surface area contributed by atoms with Gasteiger partial charge in [0.15, 0.2) is 6.10 Å². The van der Waals surface area contributed by atoms with Gasteiger partial charge in [0.25, 0.3) is 11.8 Å². The number of ether oxygens (including phenoxy) is 1. The Hall–Kier alpha value is -2.05. The maximum atomic E-state index is 11.9. The fraction of sp³-hybridized carbons (Fsp3) is 0.250. The summed E-state index contributed by atoms with van der Waals surface area (Å²) in [6.45, 7) is 2.36. The van der Waals surface area contributed by atoms with E-state index in [1.165, 1.54) is 11.3 Å². The van der Waals surface area contributed by atoms with Crippen molar-refractivity contribution in [1.29, 1.82) is 0 Å².